The molecule has 2 aromatic rings. The van der Waals surface area contributed by atoms with Gasteiger partial charge >= 0.3 is 12.0 Å². The van der Waals surface area contributed by atoms with Gasteiger partial charge in [0.2, 0.25) is 0 Å². The normalized spacial score (nSPS) is 18.5. The summed E-state index contributed by atoms with van der Waals surface area (Å²) in [5.74, 6) is -1.69. The van der Waals surface area contributed by atoms with Gasteiger partial charge in [0.1, 0.15) is 6.04 Å². The van der Waals surface area contributed by atoms with Crippen molar-refractivity contribution in [2.75, 3.05) is 5.88 Å². The minimum absolute atomic E-state index is 0.150. The largest absolute Gasteiger partial charge is 0.480 e. The van der Waals surface area contributed by atoms with Crippen LogP contribution in [0.3, 0.4) is 0 Å². The van der Waals surface area contributed by atoms with Crippen LogP contribution in [-0.4, -0.2) is 61.8 Å². The summed E-state index contributed by atoms with van der Waals surface area (Å²) in [4.78, 5) is 39.1. The summed E-state index contributed by atoms with van der Waals surface area (Å²) >= 11 is 1.34. The molecule has 8 nitrogen and oxygen atoms in total. The molecule has 2 aromatic carbocycles. The van der Waals surface area contributed by atoms with E-state index in [1.54, 1.807) is 13.8 Å². The number of benzene rings is 2. The molecule has 1 saturated heterocycles. The lowest BCUT2D eigenvalue weighted by Gasteiger charge is -2.31. The third-order valence-electron chi connectivity index (χ3n) is 6.25. The molecule has 0 aromatic heterocycles. The molecule has 0 saturated carbocycles. The van der Waals surface area contributed by atoms with Gasteiger partial charge in [-0.05, 0) is 50.8 Å². The molecular formula is C26H33N3O5S. The zero-order valence-electron chi connectivity index (χ0n) is 20.4. The van der Waals surface area contributed by atoms with E-state index in [-0.39, 0.29) is 18.8 Å². The van der Waals surface area contributed by atoms with E-state index in [2.05, 4.69) is 10.6 Å². The first-order chi connectivity index (χ1) is 16.5. The molecule has 0 spiro atoms. The van der Waals surface area contributed by atoms with Gasteiger partial charge in [0, 0.05) is 11.3 Å². The van der Waals surface area contributed by atoms with E-state index in [4.69, 9.17) is 0 Å². The molecule has 0 bridgehead atoms. The molecule has 0 aliphatic carbocycles. The first kappa shape index (κ1) is 26.6. The van der Waals surface area contributed by atoms with Crippen molar-refractivity contribution in [1.82, 2.24) is 15.5 Å². The summed E-state index contributed by atoms with van der Waals surface area (Å²) in [6.45, 7) is 7.78. The zero-order chi connectivity index (χ0) is 25.8. The number of hydrogen-bond acceptors (Lipinski definition) is 5. The third kappa shape index (κ3) is 6.55. The molecule has 1 heterocycles. The van der Waals surface area contributed by atoms with Crippen molar-refractivity contribution in [3.8, 4) is 0 Å². The molecule has 1 fully saturated rings. The number of aliphatic hydroxyl groups is 1. The van der Waals surface area contributed by atoms with Crippen LogP contribution in [0.15, 0.2) is 48.5 Å². The first-order valence-electron chi connectivity index (χ1n) is 11.5. The number of urea groups is 1. The second kappa shape index (κ2) is 11.1. The van der Waals surface area contributed by atoms with E-state index in [0.717, 1.165) is 22.3 Å². The Morgan fingerprint density at radius 1 is 1.14 bits per heavy atom. The summed E-state index contributed by atoms with van der Waals surface area (Å²) < 4.78 is -0.702. The summed E-state index contributed by atoms with van der Waals surface area (Å²) in [7, 11) is 0. The number of amides is 3. The minimum atomic E-state index is -1.61. The fourth-order valence-corrected chi connectivity index (χ4v) is 5.41. The molecule has 9 heteroatoms. The Morgan fingerprint density at radius 3 is 2.46 bits per heavy atom. The maximum atomic E-state index is 13.2. The van der Waals surface area contributed by atoms with Gasteiger partial charge in [-0.1, -0.05) is 54.1 Å². The quantitative estimate of drug-likeness (QED) is 0.444. The predicted octanol–water partition coefficient (Wildman–Crippen LogP) is 2.84. The van der Waals surface area contributed by atoms with Crippen LogP contribution in [0, 0.1) is 13.8 Å². The Labute approximate surface area is 210 Å². The molecule has 4 N–H and O–H groups in total. The molecule has 3 rings (SSSR count). The van der Waals surface area contributed by atoms with Crippen LogP contribution in [0.1, 0.15) is 36.1 Å². The molecule has 1 aliphatic rings. The van der Waals surface area contributed by atoms with Gasteiger partial charge in [-0.3, -0.25) is 4.79 Å². The van der Waals surface area contributed by atoms with Crippen LogP contribution in [0.4, 0.5) is 4.79 Å². The number of carbonyl (C=O) groups is 3. The lowest BCUT2D eigenvalue weighted by atomic mass is 9.98. The number of aliphatic carboxylic acids is 1. The fourth-order valence-electron chi connectivity index (χ4n) is 4.28. The smallest absolute Gasteiger partial charge is 0.327 e. The second-order valence-corrected chi connectivity index (χ2v) is 11.0. The van der Waals surface area contributed by atoms with Crippen molar-refractivity contribution in [1.29, 1.82) is 0 Å². The highest BCUT2D eigenvalue weighted by atomic mass is 32.2. The van der Waals surface area contributed by atoms with Gasteiger partial charge in [-0.15, -0.1) is 11.8 Å². The number of rotatable bonds is 8. The highest BCUT2D eigenvalue weighted by molar-refractivity contribution is 8.00. The number of carboxylic acid groups (broad SMARTS) is 1. The number of aryl methyl sites for hydroxylation is 2. The van der Waals surface area contributed by atoms with Gasteiger partial charge in [-0.2, -0.15) is 0 Å². The van der Waals surface area contributed by atoms with Gasteiger partial charge in [0.25, 0.3) is 5.91 Å². The molecular weight excluding hydrogens is 466 g/mol. The summed E-state index contributed by atoms with van der Waals surface area (Å²) in [6, 6.07) is 12.6. The number of carbonyl (C=O) groups excluding carboxylic acids is 2. The van der Waals surface area contributed by atoms with Gasteiger partial charge in [0.15, 0.2) is 6.10 Å². The molecule has 35 heavy (non-hydrogen) atoms. The van der Waals surface area contributed by atoms with Crippen molar-refractivity contribution in [3.05, 3.63) is 70.8 Å². The molecule has 1 aliphatic heterocycles. The van der Waals surface area contributed by atoms with Crippen LogP contribution >= 0.6 is 11.8 Å². The Hall–Kier alpha value is -3.04. The van der Waals surface area contributed by atoms with Crippen molar-refractivity contribution in [2.24, 2.45) is 0 Å². The molecule has 3 amide bonds. The maximum absolute atomic E-state index is 13.2. The fraction of sp³-hybridized carbons (Fsp3) is 0.423. The number of nitrogens with one attached hydrogen (secondary N) is 2. The minimum Gasteiger partial charge on any atom is -0.480 e. The summed E-state index contributed by atoms with van der Waals surface area (Å²) in [6.07, 6.45) is -1.41. The van der Waals surface area contributed by atoms with Crippen LogP contribution in [-0.2, 0) is 22.6 Å². The van der Waals surface area contributed by atoms with E-state index < -0.39 is 40.8 Å². The van der Waals surface area contributed by atoms with Crippen molar-refractivity contribution in [2.45, 2.75) is 63.6 Å². The monoisotopic (exact) mass is 499 g/mol. The average molecular weight is 500 g/mol. The maximum Gasteiger partial charge on any atom is 0.327 e. The summed E-state index contributed by atoms with van der Waals surface area (Å²) in [5, 5.41) is 26.3. The Kier molecular flexibility index (Phi) is 8.45. The molecule has 3 unspecified atom stereocenters. The average Bonchev–Trinajstić information content (AvgIpc) is 3.13. The van der Waals surface area contributed by atoms with Crippen molar-refractivity contribution < 1.29 is 24.6 Å². The molecule has 3 atom stereocenters. The number of carboxylic acids is 1. The highest BCUT2D eigenvalue weighted by Gasteiger charge is 2.50. The van der Waals surface area contributed by atoms with Gasteiger partial charge in [-0.25, -0.2) is 9.59 Å². The number of thioether (sulfide) groups is 1. The van der Waals surface area contributed by atoms with Crippen LogP contribution in [0.5, 0.6) is 0 Å². The Bertz CT molecular complexity index is 1080. The van der Waals surface area contributed by atoms with Crippen LogP contribution in [0.2, 0.25) is 0 Å². The Morgan fingerprint density at radius 2 is 1.83 bits per heavy atom. The van der Waals surface area contributed by atoms with Crippen LogP contribution in [0.25, 0.3) is 0 Å². The van der Waals surface area contributed by atoms with E-state index in [9.17, 15) is 24.6 Å². The molecule has 0 radical (unpaired) electrons. The summed E-state index contributed by atoms with van der Waals surface area (Å²) in [5.41, 5.74) is 3.96. The SMILES string of the molecule is Cc1ccc(CNC(=O)NC(Cc2ccccc2)C(O)C(=O)N2CSC(C)(C)C2C(=O)O)c(C)c1. The van der Waals surface area contributed by atoms with Gasteiger partial charge < -0.3 is 25.7 Å². The number of aliphatic hydroxyl groups excluding tert-OH is 1. The van der Waals surface area contributed by atoms with E-state index in [1.807, 2.05) is 62.4 Å². The number of nitrogens with zero attached hydrogens (tertiary/aromatic N) is 1. The standard InChI is InChI=1S/C26H33N3O5S/c1-16-10-11-19(17(2)12-16)14-27-25(34)28-20(13-18-8-6-5-7-9-18)21(30)23(31)29-15-35-26(3,4)22(29)24(32)33/h5-12,20-22,30H,13-15H2,1-4H3,(H,32,33)(H2,27,28,34). The van der Waals surface area contributed by atoms with Crippen LogP contribution < -0.4 is 10.6 Å². The first-order valence-corrected chi connectivity index (χ1v) is 12.5. The van der Waals surface area contributed by atoms with E-state index >= 15 is 0 Å². The van der Waals surface area contributed by atoms with E-state index in [1.165, 1.54) is 16.7 Å². The topological polar surface area (TPSA) is 119 Å². The number of hydrogen-bond donors (Lipinski definition) is 4. The zero-order valence-corrected chi connectivity index (χ0v) is 21.3. The van der Waals surface area contributed by atoms with Gasteiger partial charge in [0.05, 0.1) is 11.9 Å². The molecule has 188 valence electrons. The lowest BCUT2D eigenvalue weighted by Crippen LogP contribution is -2.57. The highest BCUT2D eigenvalue weighted by Crippen LogP contribution is 2.39. The third-order valence-corrected chi connectivity index (χ3v) is 7.62. The lowest BCUT2D eigenvalue weighted by molar-refractivity contribution is -0.154. The van der Waals surface area contributed by atoms with Crippen molar-refractivity contribution in [3.63, 3.8) is 0 Å². The Balaban J connectivity index is 1.75. The van der Waals surface area contributed by atoms with E-state index in [0.29, 0.717) is 0 Å². The van der Waals surface area contributed by atoms with Crippen molar-refractivity contribution >= 4 is 29.7 Å². The second-order valence-electron chi connectivity index (χ2n) is 9.42. The predicted molar refractivity (Wildman–Crippen MR) is 136 cm³/mol.